The average molecular weight is 253 g/mol. The molecule has 1 saturated heterocycles. The number of likely N-dealkylation sites (tertiary alicyclic amines) is 1. The van der Waals surface area contributed by atoms with Crippen LogP contribution in [-0.2, 0) is 6.54 Å². The van der Waals surface area contributed by atoms with Crippen molar-refractivity contribution in [2.75, 3.05) is 20.2 Å². The molecule has 0 unspecified atom stereocenters. The van der Waals surface area contributed by atoms with Crippen LogP contribution in [0.5, 0.6) is 5.75 Å². The standard InChI is InChI=1S/C14H20FNO2/c1-14(17)5-7-16(8-6-14)10-11-9-12(15)3-4-13(11)18-2/h3-4,9,17H,5-8,10H2,1-2H3. The van der Waals surface area contributed by atoms with Crippen LogP contribution < -0.4 is 4.74 Å². The van der Waals surface area contributed by atoms with Crippen LogP contribution in [-0.4, -0.2) is 35.8 Å². The number of ether oxygens (including phenoxy) is 1. The number of hydrogen-bond acceptors (Lipinski definition) is 3. The van der Waals surface area contributed by atoms with Crippen molar-refractivity contribution >= 4 is 0 Å². The second-order valence-corrected chi connectivity index (χ2v) is 5.23. The van der Waals surface area contributed by atoms with Gasteiger partial charge in [-0.3, -0.25) is 4.90 Å². The number of methoxy groups -OCH3 is 1. The molecule has 2 rings (SSSR count). The van der Waals surface area contributed by atoms with Crippen LogP contribution in [0, 0.1) is 5.82 Å². The van der Waals surface area contributed by atoms with E-state index in [-0.39, 0.29) is 5.82 Å². The lowest BCUT2D eigenvalue weighted by Gasteiger charge is -2.35. The fraction of sp³-hybridized carbons (Fsp3) is 0.571. The maximum Gasteiger partial charge on any atom is 0.123 e. The van der Waals surface area contributed by atoms with Crippen LogP contribution in [0.25, 0.3) is 0 Å². The quantitative estimate of drug-likeness (QED) is 0.896. The number of halogens is 1. The lowest BCUT2D eigenvalue weighted by Crippen LogP contribution is -2.42. The van der Waals surface area contributed by atoms with Gasteiger partial charge in [0.15, 0.2) is 0 Å². The van der Waals surface area contributed by atoms with Crippen molar-refractivity contribution in [1.29, 1.82) is 0 Å². The Labute approximate surface area is 107 Å². The lowest BCUT2D eigenvalue weighted by molar-refractivity contribution is -0.00744. The van der Waals surface area contributed by atoms with Gasteiger partial charge < -0.3 is 9.84 Å². The Morgan fingerprint density at radius 1 is 1.39 bits per heavy atom. The van der Waals surface area contributed by atoms with Crippen molar-refractivity contribution in [3.63, 3.8) is 0 Å². The van der Waals surface area contributed by atoms with E-state index in [4.69, 9.17) is 4.74 Å². The highest BCUT2D eigenvalue weighted by Gasteiger charge is 2.27. The molecule has 0 spiro atoms. The summed E-state index contributed by atoms with van der Waals surface area (Å²) < 4.78 is 18.5. The summed E-state index contributed by atoms with van der Waals surface area (Å²) in [5.41, 5.74) is 0.307. The molecule has 0 atom stereocenters. The van der Waals surface area contributed by atoms with Gasteiger partial charge in [0.25, 0.3) is 0 Å². The minimum absolute atomic E-state index is 0.241. The Kier molecular flexibility index (Phi) is 3.88. The SMILES string of the molecule is COc1ccc(F)cc1CN1CCC(C)(O)CC1. The van der Waals surface area contributed by atoms with E-state index in [1.54, 1.807) is 13.2 Å². The molecule has 1 fully saturated rings. The van der Waals surface area contributed by atoms with Gasteiger partial charge in [0, 0.05) is 25.2 Å². The van der Waals surface area contributed by atoms with Gasteiger partial charge in [-0.1, -0.05) is 0 Å². The van der Waals surface area contributed by atoms with Crippen molar-refractivity contribution in [2.45, 2.75) is 31.9 Å². The molecule has 4 heteroatoms. The second kappa shape index (κ2) is 5.24. The van der Waals surface area contributed by atoms with Gasteiger partial charge in [-0.05, 0) is 38.0 Å². The van der Waals surface area contributed by atoms with Crippen molar-refractivity contribution in [1.82, 2.24) is 4.90 Å². The molecule has 0 saturated carbocycles. The fourth-order valence-electron chi connectivity index (χ4n) is 2.30. The number of benzene rings is 1. The van der Waals surface area contributed by atoms with E-state index < -0.39 is 5.60 Å². The first-order chi connectivity index (χ1) is 8.50. The topological polar surface area (TPSA) is 32.7 Å². The number of nitrogens with zero attached hydrogens (tertiary/aromatic N) is 1. The summed E-state index contributed by atoms with van der Waals surface area (Å²) in [6, 6.07) is 4.58. The normalized spacial score (nSPS) is 19.8. The highest BCUT2D eigenvalue weighted by atomic mass is 19.1. The molecule has 3 nitrogen and oxygen atoms in total. The summed E-state index contributed by atoms with van der Waals surface area (Å²) in [6.45, 7) is 4.18. The summed E-state index contributed by atoms with van der Waals surface area (Å²) in [6.07, 6.45) is 1.51. The molecule has 1 aliphatic rings. The molecule has 100 valence electrons. The molecular formula is C14H20FNO2. The summed E-state index contributed by atoms with van der Waals surface area (Å²) in [5.74, 6) is 0.475. The first-order valence-electron chi connectivity index (χ1n) is 6.27. The lowest BCUT2D eigenvalue weighted by atomic mass is 9.93. The van der Waals surface area contributed by atoms with Gasteiger partial charge in [-0.15, -0.1) is 0 Å². The zero-order valence-corrected chi connectivity index (χ0v) is 10.9. The molecule has 18 heavy (non-hydrogen) atoms. The molecule has 1 aliphatic heterocycles. The third-order valence-corrected chi connectivity index (χ3v) is 3.57. The first-order valence-corrected chi connectivity index (χ1v) is 6.27. The third kappa shape index (κ3) is 3.21. The molecule has 0 radical (unpaired) electrons. The number of aliphatic hydroxyl groups is 1. The van der Waals surface area contributed by atoms with E-state index in [1.807, 2.05) is 6.92 Å². The molecular weight excluding hydrogens is 233 g/mol. The van der Waals surface area contributed by atoms with Gasteiger partial charge in [0.05, 0.1) is 12.7 Å². The molecule has 1 heterocycles. The highest BCUT2D eigenvalue weighted by molar-refractivity contribution is 5.33. The zero-order chi connectivity index (χ0) is 13.2. The first kappa shape index (κ1) is 13.3. The molecule has 1 aromatic carbocycles. The molecule has 1 N–H and O–H groups in total. The predicted molar refractivity (Wildman–Crippen MR) is 68.1 cm³/mol. The van der Waals surface area contributed by atoms with Crippen LogP contribution in [0.1, 0.15) is 25.3 Å². The van der Waals surface area contributed by atoms with Crippen molar-refractivity contribution in [3.05, 3.63) is 29.6 Å². The van der Waals surface area contributed by atoms with Crippen LogP contribution in [0.3, 0.4) is 0 Å². The van der Waals surface area contributed by atoms with Crippen LogP contribution in [0.2, 0.25) is 0 Å². The monoisotopic (exact) mass is 253 g/mol. The smallest absolute Gasteiger partial charge is 0.123 e. The van der Waals surface area contributed by atoms with E-state index >= 15 is 0 Å². The predicted octanol–water partition coefficient (Wildman–Crippen LogP) is 2.18. The number of rotatable bonds is 3. The number of piperidine rings is 1. The van der Waals surface area contributed by atoms with Crippen molar-refractivity contribution in [3.8, 4) is 5.75 Å². The fourth-order valence-corrected chi connectivity index (χ4v) is 2.30. The molecule has 0 aromatic heterocycles. The Morgan fingerprint density at radius 3 is 2.67 bits per heavy atom. The van der Waals surface area contributed by atoms with E-state index in [0.717, 1.165) is 31.5 Å². The Bertz CT molecular complexity index is 410. The van der Waals surface area contributed by atoms with Crippen molar-refractivity contribution < 1.29 is 14.2 Å². The van der Waals surface area contributed by atoms with Gasteiger partial charge in [0.2, 0.25) is 0 Å². The second-order valence-electron chi connectivity index (χ2n) is 5.23. The third-order valence-electron chi connectivity index (χ3n) is 3.57. The van der Waals surface area contributed by atoms with E-state index in [1.165, 1.54) is 12.1 Å². The molecule has 0 amide bonds. The minimum atomic E-state index is -0.553. The Morgan fingerprint density at radius 2 is 2.06 bits per heavy atom. The van der Waals surface area contributed by atoms with Crippen LogP contribution >= 0.6 is 0 Å². The van der Waals surface area contributed by atoms with Gasteiger partial charge in [0.1, 0.15) is 11.6 Å². The van der Waals surface area contributed by atoms with E-state index in [2.05, 4.69) is 4.90 Å². The van der Waals surface area contributed by atoms with Crippen LogP contribution in [0.4, 0.5) is 4.39 Å². The maximum absolute atomic E-state index is 13.2. The van der Waals surface area contributed by atoms with Crippen molar-refractivity contribution in [2.24, 2.45) is 0 Å². The minimum Gasteiger partial charge on any atom is -0.496 e. The summed E-state index contributed by atoms with van der Waals surface area (Å²) in [5, 5.41) is 9.89. The summed E-state index contributed by atoms with van der Waals surface area (Å²) in [4.78, 5) is 2.22. The van der Waals surface area contributed by atoms with E-state index in [9.17, 15) is 9.50 Å². The van der Waals surface area contributed by atoms with Gasteiger partial charge >= 0.3 is 0 Å². The zero-order valence-electron chi connectivity index (χ0n) is 10.9. The van der Waals surface area contributed by atoms with Gasteiger partial charge in [-0.25, -0.2) is 4.39 Å². The maximum atomic E-state index is 13.2. The average Bonchev–Trinajstić information content (AvgIpc) is 2.32. The Balaban J connectivity index is 2.04. The molecule has 1 aromatic rings. The van der Waals surface area contributed by atoms with E-state index in [0.29, 0.717) is 12.3 Å². The highest BCUT2D eigenvalue weighted by Crippen LogP contribution is 2.25. The Hall–Kier alpha value is -1.13. The molecule has 0 aliphatic carbocycles. The number of hydrogen-bond donors (Lipinski definition) is 1. The summed E-state index contributed by atoms with van der Waals surface area (Å²) in [7, 11) is 1.59. The molecule has 0 bridgehead atoms. The summed E-state index contributed by atoms with van der Waals surface area (Å²) >= 11 is 0. The van der Waals surface area contributed by atoms with Gasteiger partial charge in [-0.2, -0.15) is 0 Å². The largest absolute Gasteiger partial charge is 0.496 e. The van der Waals surface area contributed by atoms with Crippen LogP contribution in [0.15, 0.2) is 18.2 Å².